The van der Waals surface area contributed by atoms with Crippen molar-refractivity contribution >= 4 is 25.7 Å². The molecule has 0 spiro atoms. The lowest BCUT2D eigenvalue weighted by atomic mass is 10.1. The molecule has 3 atom stereocenters. The van der Waals surface area contributed by atoms with Gasteiger partial charge in [0.2, 0.25) is 0 Å². The lowest BCUT2D eigenvalue weighted by molar-refractivity contribution is -0.161. The van der Waals surface area contributed by atoms with Crippen LogP contribution < -0.4 is 0 Å². The van der Waals surface area contributed by atoms with Crippen LogP contribution in [0, 0.1) is 0 Å². The van der Waals surface area contributed by atoms with E-state index in [2.05, 4.69) is 130 Å². The van der Waals surface area contributed by atoms with Crippen LogP contribution in [0.2, 0.25) is 0 Å². The summed E-state index contributed by atoms with van der Waals surface area (Å²) in [6.45, 7) is 4.35. The number of carbonyl (C=O) groups is 3. The number of hydrogen-bond acceptors (Lipinski definition) is 10. The number of rotatable bonds is 52. The summed E-state index contributed by atoms with van der Waals surface area (Å²) in [5.74, 6) is -1.55. The van der Waals surface area contributed by atoms with Gasteiger partial charge in [0.25, 0.3) is 0 Å². The van der Waals surface area contributed by atoms with E-state index >= 15 is 0 Å². The average molecular weight is 1060 g/mol. The largest absolute Gasteiger partial charge is 0.472 e. The van der Waals surface area contributed by atoms with Crippen LogP contribution in [0.15, 0.2) is 109 Å². The lowest BCUT2D eigenvalue weighted by Gasteiger charge is -2.21. The number of ether oxygens (including phenoxy) is 3. The van der Waals surface area contributed by atoms with E-state index < -0.39 is 57.8 Å². The molecule has 0 saturated heterocycles. The van der Waals surface area contributed by atoms with Crippen molar-refractivity contribution in [3.8, 4) is 0 Å². The van der Waals surface area contributed by atoms with Crippen molar-refractivity contribution in [2.45, 2.75) is 238 Å². The van der Waals surface area contributed by atoms with Crippen LogP contribution in [0.5, 0.6) is 0 Å². The van der Waals surface area contributed by atoms with Crippen molar-refractivity contribution in [1.29, 1.82) is 0 Å². The second-order valence-corrected chi connectivity index (χ2v) is 20.2. The first kappa shape index (κ1) is 70.1. The van der Waals surface area contributed by atoms with Gasteiger partial charge in [-0.2, -0.15) is 0 Å². The molecule has 0 radical (unpaired) electrons. The Hall–Kier alpha value is -3.86. The van der Waals surface area contributed by atoms with Gasteiger partial charge in [0, 0.05) is 19.3 Å². The molecule has 0 aromatic carbocycles. The molecule has 0 aliphatic heterocycles. The fraction of sp³-hybridized carbons (Fsp3) is 0.661. The van der Waals surface area contributed by atoms with Crippen LogP contribution in [0.4, 0.5) is 0 Å². The molecule has 0 aliphatic rings. The van der Waals surface area contributed by atoms with Crippen molar-refractivity contribution in [1.82, 2.24) is 0 Å². The van der Waals surface area contributed by atoms with Gasteiger partial charge < -0.3 is 24.2 Å². The minimum absolute atomic E-state index is 0.106. The molecule has 0 rings (SSSR count). The van der Waals surface area contributed by atoms with Crippen LogP contribution in [0.25, 0.3) is 0 Å². The predicted octanol–water partition coefficient (Wildman–Crippen LogP) is 17.0. The number of esters is 3. The van der Waals surface area contributed by atoms with E-state index in [9.17, 15) is 28.9 Å². The van der Waals surface area contributed by atoms with Crippen LogP contribution in [0.1, 0.15) is 226 Å². The Kier molecular flexibility index (Phi) is 52.5. The van der Waals surface area contributed by atoms with E-state index in [4.69, 9.17) is 23.3 Å². The van der Waals surface area contributed by atoms with Crippen LogP contribution in [0.3, 0.4) is 0 Å². The van der Waals surface area contributed by atoms with Crippen molar-refractivity contribution in [3.63, 3.8) is 0 Å². The number of allylic oxidation sites excluding steroid dienone is 18. The second-order valence-electron chi connectivity index (χ2n) is 18.7. The third-order valence-corrected chi connectivity index (χ3v) is 12.6. The molecule has 0 fully saturated rings. The quantitative estimate of drug-likeness (QED) is 0.0197. The Bertz CT molecular complexity index is 1660. The SMILES string of the molecule is CC/C=C\C/C=C\C/C=C\C/C=C\CCCCC(=O)OC(COC(=O)CCCCCCCC/C=C\C/C=C\C/C=C\CCCCC)COP(=O)(O)OCC(CO)OC(=O)CCCCCCC/C=C\C/C=C\CCC. The standard InChI is InChI=1S/C62H103O11P/c1-4-7-10-13-16-19-22-25-27-28-29-30-32-34-36-39-42-45-48-51-60(64)69-55-59(73-62(66)53-50-47-44-41-38-35-31-26-23-20-17-14-11-8-5-2)57-71-74(67,68)70-56-58(54-63)72-61(65)52-49-46-43-40-37-33-24-21-18-15-12-9-6-3/h8,11-12,15-17,19-21,24-27,29-31,38,41,58-59,63H,4-7,9-10,13-14,18,22-23,28,32-37,39-40,42-57H2,1-3H3,(H,67,68)/b11-8-,15-12-,19-16-,20-17-,24-21-,27-25-,30-29-,31-26-,41-38-. The summed E-state index contributed by atoms with van der Waals surface area (Å²) in [4.78, 5) is 48.5. The molecule has 0 aromatic heterocycles. The van der Waals surface area contributed by atoms with Crippen LogP contribution in [-0.2, 0) is 42.2 Å². The minimum atomic E-state index is -4.77. The minimum Gasteiger partial charge on any atom is -0.462 e. The Morgan fingerprint density at radius 1 is 0.392 bits per heavy atom. The van der Waals surface area contributed by atoms with Crippen LogP contribution in [-0.4, -0.2) is 66.5 Å². The zero-order valence-electron chi connectivity index (χ0n) is 46.5. The van der Waals surface area contributed by atoms with Gasteiger partial charge in [0.15, 0.2) is 6.10 Å². The summed E-state index contributed by atoms with van der Waals surface area (Å²) >= 11 is 0. The molecule has 12 heteroatoms. The Morgan fingerprint density at radius 2 is 0.730 bits per heavy atom. The third kappa shape index (κ3) is 53.0. The van der Waals surface area contributed by atoms with Gasteiger partial charge in [0.1, 0.15) is 12.7 Å². The maximum atomic E-state index is 12.9. The highest BCUT2D eigenvalue weighted by molar-refractivity contribution is 7.47. The molecule has 0 bridgehead atoms. The summed E-state index contributed by atoms with van der Waals surface area (Å²) in [5.41, 5.74) is 0. The first-order chi connectivity index (χ1) is 36.2. The van der Waals surface area contributed by atoms with E-state index in [-0.39, 0.29) is 25.9 Å². The number of phosphoric ester groups is 1. The van der Waals surface area contributed by atoms with Gasteiger partial charge in [-0.05, 0) is 122 Å². The number of aliphatic hydroxyl groups excluding tert-OH is 1. The van der Waals surface area contributed by atoms with Gasteiger partial charge >= 0.3 is 25.7 Å². The number of phosphoric acid groups is 1. The predicted molar refractivity (Wildman–Crippen MR) is 307 cm³/mol. The van der Waals surface area contributed by atoms with Gasteiger partial charge in [0.05, 0.1) is 19.8 Å². The van der Waals surface area contributed by atoms with Crippen molar-refractivity contribution in [3.05, 3.63) is 109 Å². The Balaban J connectivity index is 4.82. The Labute approximate surface area is 450 Å². The normalized spacial score (nSPS) is 14.2. The molecule has 2 N–H and O–H groups in total. The topological polar surface area (TPSA) is 155 Å². The highest BCUT2D eigenvalue weighted by atomic mass is 31.2. The first-order valence-electron chi connectivity index (χ1n) is 28.8. The van der Waals surface area contributed by atoms with E-state index in [1.54, 1.807) is 0 Å². The second kappa shape index (κ2) is 55.4. The van der Waals surface area contributed by atoms with Gasteiger partial charge in [-0.1, -0.05) is 194 Å². The molecule has 422 valence electrons. The monoisotopic (exact) mass is 1050 g/mol. The summed E-state index contributed by atoms with van der Waals surface area (Å²) in [5, 5.41) is 9.80. The maximum Gasteiger partial charge on any atom is 0.472 e. The van der Waals surface area contributed by atoms with E-state index in [0.29, 0.717) is 19.3 Å². The molecule has 0 heterocycles. The Morgan fingerprint density at radius 3 is 1.16 bits per heavy atom. The molecular formula is C62H103O11P. The van der Waals surface area contributed by atoms with Gasteiger partial charge in [-0.15, -0.1) is 0 Å². The number of hydrogen-bond donors (Lipinski definition) is 2. The molecule has 74 heavy (non-hydrogen) atoms. The molecule has 0 amide bonds. The highest BCUT2D eigenvalue weighted by Crippen LogP contribution is 2.43. The molecule has 3 unspecified atom stereocenters. The highest BCUT2D eigenvalue weighted by Gasteiger charge is 2.28. The van der Waals surface area contributed by atoms with Crippen LogP contribution >= 0.6 is 7.82 Å². The van der Waals surface area contributed by atoms with Gasteiger partial charge in [-0.25, -0.2) is 4.57 Å². The molecular weight excluding hydrogens is 952 g/mol. The number of aliphatic hydroxyl groups is 1. The number of unbranched alkanes of at least 4 members (excludes halogenated alkanes) is 17. The number of carbonyl (C=O) groups excluding carboxylic acids is 3. The smallest absolute Gasteiger partial charge is 0.462 e. The maximum absolute atomic E-state index is 12.9. The van der Waals surface area contributed by atoms with E-state index in [0.717, 1.165) is 141 Å². The summed E-state index contributed by atoms with van der Waals surface area (Å²) in [7, 11) is -4.77. The van der Waals surface area contributed by atoms with E-state index in [1.165, 1.54) is 25.7 Å². The summed E-state index contributed by atoms with van der Waals surface area (Å²) < 4.78 is 39.4. The van der Waals surface area contributed by atoms with Crippen molar-refractivity contribution in [2.75, 3.05) is 26.4 Å². The fourth-order valence-corrected chi connectivity index (χ4v) is 8.06. The van der Waals surface area contributed by atoms with E-state index in [1.807, 2.05) is 0 Å². The molecule has 0 aliphatic carbocycles. The zero-order chi connectivity index (χ0) is 54.1. The molecule has 11 nitrogen and oxygen atoms in total. The molecule has 0 saturated carbocycles. The fourth-order valence-electron chi connectivity index (χ4n) is 7.27. The third-order valence-electron chi connectivity index (χ3n) is 11.6. The summed E-state index contributed by atoms with van der Waals surface area (Å²) in [6.07, 6.45) is 66.2. The average Bonchev–Trinajstić information content (AvgIpc) is 3.39. The van der Waals surface area contributed by atoms with Gasteiger partial charge in [-0.3, -0.25) is 23.4 Å². The first-order valence-corrected chi connectivity index (χ1v) is 30.3. The van der Waals surface area contributed by atoms with Crippen molar-refractivity contribution in [2.24, 2.45) is 0 Å². The summed E-state index contributed by atoms with van der Waals surface area (Å²) in [6, 6.07) is 0. The lowest BCUT2D eigenvalue weighted by Crippen LogP contribution is -2.30. The molecule has 0 aromatic rings. The zero-order valence-corrected chi connectivity index (χ0v) is 47.4. The van der Waals surface area contributed by atoms with Crippen molar-refractivity contribution < 1.29 is 52.2 Å².